The summed E-state index contributed by atoms with van der Waals surface area (Å²) >= 11 is 23.7. The minimum atomic E-state index is -1.88. The van der Waals surface area contributed by atoms with E-state index in [9.17, 15) is 0 Å². The Morgan fingerprint density at radius 3 is 1.17 bits per heavy atom. The fraction of sp³-hybridized carbons (Fsp3) is 1.00. The van der Waals surface area contributed by atoms with E-state index in [2.05, 4.69) is 0 Å². The van der Waals surface area contributed by atoms with Gasteiger partial charge in [0.05, 0.1) is 0 Å². The molecule has 0 radical (unpaired) electrons. The van der Waals surface area contributed by atoms with Crippen molar-refractivity contribution in [2.24, 2.45) is 0 Å². The van der Waals surface area contributed by atoms with Gasteiger partial charge in [-0.15, -0.1) is 44.3 Å². The van der Waals surface area contributed by atoms with Crippen molar-refractivity contribution < 1.29 is 0 Å². The van der Waals surface area contributed by atoms with Gasteiger partial charge in [0.25, 0.3) is 0 Å². The van der Waals surface area contributed by atoms with E-state index < -0.39 is 13.4 Å². The maximum absolute atomic E-state index is 5.93. The van der Waals surface area contributed by atoms with E-state index in [1.54, 1.807) is 0 Å². The summed E-state index contributed by atoms with van der Waals surface area (Å²) < 4.78 is 0. The van der Waals surface area contributed by atoms with Gasteiger partial charge in [-0.1, -0.05) is 12.8 Å². The molecule has 0 rings (SSSR count). The third kappa shape index (κ3) is 11.6. The molecule has 12 heavy (non-hydrogen) atoms. The Balaban J connectivity index is 3.35. The molecule has 0 saturated carbocycles. The predicted molar refractivity (Wildman–Crippen MR) is 65.5 cm³/mol. The molecule has 0 fully saturated rings. The van der Waals surface area contributed by atoms with Crippen molar-refractivity contribution in [1.82, 2.24) is 0 Å². The van der Waals surface area contributed by atoms with Crippen LogP contribution in [-0.4, -0.2) is 13.4 Å². The van der Waals surface area contributed by atoms with Crippen LogP contribution in [0.1, 0.15) is 12.8 Å². The van der Waals surface area contributed by atoms with Gasteiger partial charge in [0.2, 0.25) is 13.4 Å². The van der Waals surface area contributed by atoms with Crippen molar-refractivity contribution in [1.29, 1.82) is 0 Å². The molecule has 74 valence electrons. The minimum absolute atomic E-state index is 0.939. The quantitative estimate of drug-likeness (QED) is 0.384. The molecule has 0 bridgehead atoms. The third-order valence-electron chi connectivity index (χ3n) is 1.48. The lowest BCUT2D eigenvalue weighted by atomic mass is 10.4. The summed E-state index contributed by atoms with van der Waals surface area (Å²) in [5.41, 5.74) is 0. The molecule has 0 atom stereocenters. The monoisotopic (exact) mass is 282 g/mol. The maximum Gasteiger partial charge on any atom is 0.248 e. The van der Waals surface area contributed by atoms with Crippen LogP contribution in [-0.2, 0) is 0 Å². The second-order valence-corrected chi connectivity index (χ2v) is 19.8. The van der Waals surface area contributed by atoms with Gasteiger partial charge in [-0.2, -0.15) is 0 Å². The zero-order chi connectivity index (χ0) is 9.83. The minimum Gasteiger partial charge on any atom is -0.146 e. The topological polar surface area (TPSA) is 0 Å². The first-order chi connectivity index (χ1) is 5.21. The van der Waals surface area contributed by atoms with E-state index in [0.717, 1.165) is 24.9 Å². The molecule has 0 aromatic heterocycles. The zero-order valence-electron chi connectivity index (χ0n) is 7.34. The van der Waals surface area contributed by atoms with Crippen molar-refractivity contribution >= 4 is 57.7 Å². The fourth-order valence-electron chi connectivity index (χ4n) is 0.871. The summed E-state index contributed by atoms with van der Waals surface area (Å²) in [5, 5.41) is 0. The first-order valence-electron chi connectivity index (χ1n) is 3.96. The Kier molecular flexibility index (Phi) is 6.20. The maximum atomic E-state index is 5.93. The molecule has 6 heteroatoms. The van der Waals surface area contributed by atoms with Crippen LogP contribution < -0.4 is 0 Å². The smallest absolute Gasteiger partial charge is 0.146 e. The Bertz CT molecular complexity index is 110. The highest BCUT2D eigenvalue weighted by Gasteiger charge is 2.23. The van der Waals surface area contributed by atoms with Crippen molar-refractivity contribution in [3.63, 3.8) is 0 Å². The molecule has 0 amide bonds. The highest BCUT2D eigenvalue weighted by atomic mass is 35.7. The van der Waals surface area contributed by atoms with Crippen molar-refractivity contribution in [3.05, 3.63) is 0 Å². The van der Waals surface area contributed by atoms with Gasteiger partial charge in [0, 0.05) is 0 Å². The van der Waals surface area contributed by atoms with Gasteiger partial charge in [-0.05, 0) is 25.2 Å². The largest absolute Gasteiger partial charge is 0.248 e. The Morgan fingerprint density at radius 1 is 0.750 bits per heavy atom. The fourth-order valence-corrected chi connectivity index (χ4v) is 4.22. The molecule has 0 aliphatic heterocycles. The molecule has 0 unspecified atom stereocenters. The van der Waals surface area contributed by atoms with Crippen LogP contribution in [0, 0.1) is 0 Å². The van der Waals surface area contributed by atoms with Crippen LogP contribution in [0.25, 0.3) is 0 Å². The lowest BCUT2D eigenvalue weighted by Crippen LogP contribution is -2.14. The van der Waals surface area contributed by atoms with Crippen LogP contribution >= 0.6 is 44.3 Å². The van der Waals surface area contributed by atoms with E-state index in [4.69, 9.17) is 44.3 Å². The summed E-state index contributed by atoms with van der Waals surface area (Å²) in [5.74, 6) is 0. The van der Waals surface area contributed by atoms with Crippen LogP contribution in [0.15, 0.2) is 0 Å². The number of rotatable bonds is 5. The molecule has 0 aromatic carbocycles. The third-order valence-corrected chi connectivity index (χ3v) is 6.21. The standard InChI is InChI=1S/C6H14Cl4Si2/c1-11(7,8)5-3-4-6-12(2,9)10/h3-6H2,1-2H3. The van der Waals surface area contributed by atoms with Gasteiger partial charge >= 0.3 is 0 Å². The summed E-state index contributed by atoms with van der Waals surface area (Å²) in [4.78, 5) is 0. The van der Waals surface area contributed by atoms with Crippen LogP contribution in [0.4, 0.5) is 0 Å². The van der Waals surface area contributed by atoms with Crippen molar-refractivity contribution in [2.45, 2.75) is 38.0 Å². The Morgan fingerprint density at radius 2 is 1.00 bits per heavy atom. The first kappa shape index (κ1) is 13.6. The van der Waals surface area contributed by atoms with E-state index in [1.165, 1.54) is 0 Å². The van der Waals surface area contributed by atoms with E-state index in [0.29, 0.717) is 0 Å². The second-order valence-electron chi connectivity index (χ2n) is 3.35. The van der Waals surface area contributed by atoms with Gasteiger partial charge in [-0.25, -0.2) is 0 Å². The molecular weight excluding hydrogens is 270 g/mol. The molecule has 0 aromatic rings. The molecule has 0 heterocycles. The molecule has 0 saturated heterocycles. The SMILES string of the molecule is C[Si](Cl)(Cl)CCCC[Si](C)(Cl)Cl. The van der Waals surface area contributed by atoms with E-state index >= 15 is 0 Å². The second kappa shape index (κ2) is 5.47. The summed E-state index contributed by atoms with van der Waals surface area (Å²) in [6, 6.07) is 1.88. The molecule has 0 aliphatic rings. The molecular formula is C6H14Cl4Si2. The number of hydrogen-bond acceptors (Lipinski definition) is 0. The lowest BCUT2D eigenvalue weighted by molar-refractivity contribution is 0.868. The first-order valence-corrected chi connectivity index (χ1v) is 13.4. The molecule has 0 aliphatic carbocycles. The van der Waals surface area contributed by atoms with E-state index in [1.807, 2.05) is 13.1 Å². The Labute approximate surface area is 95.4 Å². The lowest BCUT2D eigenvalue weighted by Gasteiger charge is -2.12. The number of hydrogen-bond donors (Lipinski definition) is 0. The average Bonchev–Trinajstić information content (AvgIpc) is 1.76. The van der Waals surface area contributed by atoms with Crippen molar-refractivity contribution in [2.75, 3.05) is 0 Å². The van der Waals surface area contributed by atoms with Gasteiger partial charge < -0.3 is 0 Å². The van der Waals surface area contributed by atoms with Crippen molar-refractivity contribution in [3.8, 4) is 0 Å². The zero-order valence-corrected chi connectivity index (χ0v) is 12.4. The van der Waals surface area contributed by atoms with Gasteiger partial charge in [0.1, 0.15) is 0 Å². The highest BCUT2D eigenvalue weighted by Crippen LogP contribution is 2.27. The summed E-state index contributed by atoms with van der Waals surface area (Å²) in [7, 11) is 0. The van der Waals surface area contributed by atoms with E-state index in [-0.39, 0.29) is 0 Å². The molecule has 0 nitrogen and oxygen atoms in total. The number of halogens is 4. The highest BCUT2D eigenvalue weighted by molar-refractivity contribution is 7.45. The van der Waals surface area contributed by atoms with Crippen LogP contribution in [0.3, 0.4) is 0 Å². The van der Waals surface area contributed by atoms with Gasteiger partial charge in [-0.3, -0.25) is 0 Å². The molecule has 0 N–H and O–H groups in total. The predicted octanol–water partition coefficient (Wildman–Crippen LogP) is 4.87. The van der Waals surface area contributed by atoms with Crippen LogP contribution in [0.2, 0.25) is 25.2 Å². The normalized spacial score (nSPS) is 13.5. The summed E-state index contributed by atoms with van der Waals surface area (Å²) in [6.45, 7) is 0.118. The average molecular weight is 284 g/mol. The van der Waals surface area contributed by atoms with Gasteiger partial charge in [0.15, 0.2) is 0 Å². The number of unbranched alkanes of at least 4 members (excludes halogenated alkanes) is 1. The van der Waals surface area contributed by atoms with Crippen LogP contribution in [0.5, 0.6) is 0 Å². The summed E-state index contributed by atoms with van der Waals surface area (Å²) in [6.07, 6.45) is 2.11. The molecule has 0 spiro atoms. The Hall–Kier alpha value is 1.59.